The highest BCUT2D eigenvalue weighted by Gasteiger charge is 2.12. The van der Waals surface area contributed by atoms with Gasteiger partial charge in [0.1, 0.15) is 17.1 Å². The molecule has 8 heteroatoms. The maximum atomic E-state index is 13.4. The van der Waals surface area contributed by atoms with E-state index in [2.05, 4.69) is 20.5 Å². The molecule has 1 N–H and O–H groups in total. The average molecular weight is 353 g/mol. The number of rotatable bonds is 4. The van der Waals surface area contributed by atoms with Gasteiger partial charge in [-0.05, 0) is 46.3 Å². The zero-order valence-electron chi connectivity index (χ0n) is 12.9. The highest BCUT2D eigenvalue weighted by atomic mass is 32.2. The second-order valence-corrected chi connectivity index (χ2v) is 6.23. The van der Waals surface area contributed by atoms with E-state index in [0.717, 1.165) is 10.9 Å². The van der Waals surface area contributed by atoms with Crippen molar-refractivity contribution in [1.82, 2.24) is 25.2 Å². The van der Waals surface area contributed by atoms with E-state index in [9.17, 15) is 9.50 Å². The van der Waals surface area contributed by atoms with Gasteiger partial charge < -0.3 is 5.11 Å². The van der Waals surface area contributed by atoms with E-state index < -0.39 is 0 Å². The van der Waals surface area contributed by atoms with Crippen LogP contribution in [0.2, 0.25) is 0 Å². The second-order valence-electron chi connectivity index (χ2n) is 5.29. The van der Waals surface area contributed by atoms with E-state index in [1.54, 1.807) is 24.4 Å². The lowest BCUT2D eigenvalue weighted by atomic mass is 10.1. The second kappa shape index (κ2) is 6.48. The third kappa shape index (κ3) is 3.03. The molecule has 124 valence electrons. The molecule has 0 saturated carbocycles. The highest BCUT2D eigenvalue weighted by Crippen LogP contribution is 2.30. The van der Waals surface area contributed by atoms with Crippen LogP contribution in [0.4, 0.5) is 4.39 Å². The van der Waals surface area contributed by atoms with Gasteiger partial charge in [0.15, 0.2) is 0 Å². The molecule has 6 nitrogen and oxygen atoms in total. The van der Waals surface area contributed by atoms with Crippen LogP contribution < -0.4 is 0 Å². The van der Waals surface area contributed by atoms with Gasteiger partial charge in [0.2, 0.25) is 5.16 Å². The van der Waals surface area contributed by atoms with Crippen LogP contribution in [0.15, 0.2) is 59.9 Å². The molecule has 0 atom stereocenters. The number of nitrogens with zero attached hydrogens (tertiary/aromatic N) is 5. The number of aromatic hydroxyl groups is 1. The molecule has 0 aliphatic carbocycles. The van der Waals surface area contributed by atoms with E-state index in [1.807, 2.05) is 18.2 Å². The van der Waals surface area contributed by atoms with Crippen molar-refractivity contribution >= 4 is 22.7 Å². The Morgan fingerprint density at radius 2 is 2.04 bits per heavy atom. The third-order valence-corrected chi connectivity index (χ3v) is 4.66. The summed E-state index contributed by atoms with van der Waals surface area (Å²) in [7, 11) is 0. The number of phenols is 1. The number of fused-ring (bicyclic) bond motifs is 1. The summed E-state index contributed by atoms with van der Waals surface area (Å²) in [5.41, 5.74) is 2.12. The summed E-state index contributed by atoms with van der Waals surface area (Å²) < 4.78 is 14.9. The Kier molecular flexibility index (Phi) is 4.02. The fourth-order valence-electron chi connectivity index (χ4n) is 2.52. The number of tetrazole rings is 1. The van der Waals surface area contributed by atoms with Crippen LogP contribution in [-0.2, 0) is 5.75 Å². The Morgan fingerprint density at radius 3 is 2.92 bits per heavy atom. The summed E-state index contributed by atoms with van der Waals surface area (Å²) in [5, 5.41) is 23.0. The zero-order chi connectivity index (χ0) is 17.2. The number of phenolic OH excluding ortho intramolecular Hbond substituents is 1. The summed E-state index contributed by atoms with van der Waals surface area (Å²) in [5.74, 6) is 0.381. The average Bonchev–Trinajstić information content (AvgIpc) is 3.10. The smallest absolute Gasteiger partial charge is 0.214 e. The lowest BCUT2D eigenvalue weighted by Crippen LogP contribution is -1.99. The zero-order valence-corrected chi connectivity index (χ0v) is 13.7. The number of thioether (sulfide) groups is 1. The molecule has 2 heterocycles. The van der Waals surface area contributed by atoms with Gasteiger partial charge >= 0.3 is 0 Å². The van der Waals surface area contributed by atoms with Crippen molar-refractivity contribution in [3.63, 3.8) is 0 Å². The monoisotopic (exact) mass is 353 g/mol. The lowest BCUT2D eigenvalue weighted by Gasteiger charge is -2.07. The number of hydrogen-bond donors (Lipinski definition) is 1. The SMILES string of the molecule is Oc1ccc(CSc2nnnn2-c2cccc(F)c2)c2cccnc12. The Bertz CT molecular complexity index is 1050. The standard InChI is InChI=1S/C17H12FN5OS/c18-12-3-1-4-13(9-12)23-17(20-21-22-23)25-10-11-6-7-15(24)16-14(11)5-2-8-19-16/h1-9,24H,10H2. The Labute approximate surface area is 146 Å². The van der Waals surface area contributed by atoms with E-state index >= 15 is 0 Å². The molecule has 0 radical (unpaired) electrons. The Morgan fingerprint density at radius 1 is 1.12 bits per heavy atom. The van der Waals surface area contributed by atoms with Crippen LogP contribution in [0.5, 0.6) is 5.75 Å². The highest BCUT2D eigenvalue weighted by molar-refractivity contribution is 7.98. The van der Waals surface area contributed by atoms with Crippen molar-refractivity contribution in [3.05, 3.63) is 66.1 Å². The molecule has 2 aromatic heterocycles. The largest absolute Gasteiger partial charge is 0.506 e. The molecule has 0 amide bonds. The first kappa shape index (κ1) is 15.5. The summed E-state index contributed by atoms with van der Waals surface area (Å²) >= 11 is 1.42. The molecule has 0 saturated heterocycles. The number of hydrogen-bond acceptors (Lipinski definition) is 6. The Hall–Kier alpha value is -3.00. The van der Waals surface area contributed by atoms with Crippen molar-refractivity contribution < 1.29 is 9.50 Å². The van der Waals surface area contributed by atoms with Gasteiger partial charge in [-0.1, -0.05) is 30.0 Å². The minimum absolute atomic E-state index is 0.147. The summed E-state index contributed by atoms with van der Waals surface area (Å²) in [6.07, 6.45) is 1.64. The maximum absolute atomic E-state index is 13.4. The van der Waals surface area contributed by atoms with Crippen LogP contribution in [0, 0.1) is 5.82 Å². The minimum atomic E-state index is -0.348. The molecule has 0 bridgehead atoms. The van der Waals surface area contributed by atoms with E-state index in [0.29, 0.717) is 22.1 Å². The van der Waals surface area contributed by atoms with Crippen LogP contribution in [0.3, 0.4) is 0 Å². The molecule has 0 aliphatic rings. The minimum Gasteiger partial charge on any atom is -0.506 e. The van der Waals surface area contributed by atoms with Crippen LogP contribution in [-0.4, -0.2) is 30.3 Å². The number of aromatic nitrogens is 5. The Balaban J connectivity index is 1.64. The van der Waals surface area contributed by atoms with Gasteiger partial charge in [-0.15, -0.1) is 5.10 Å². The quantitative estimate of drug-likeness (QED) is 0.567. The first-order valence-corrected chi connectivity index (χ1v) is 8.43. The maximum Gasteiger partial charge on any atom is 0.214 e. The predicted octanol–water partition coefficient (Wildman–Crippen LogP) is 3.35. The molecular weight excluding hydrogens is 341 g/mol. The number of pyridine rings is 1. The normalized spacial score (nSPS) is 11.1. The van der Waals surface area contributed by atoms with Crippen molar-refractivity contribution in [1.29, 1.82) is 0 Å². The van der Waals surface area contributed by atoms with Gasteiger partial charge in [-0.3, -0.25) is 4.98 Å². The summed E-state index contributed by atoms with van der Waals surface area (Å²) in [4.78, 5) is 4.21. The fraction of sp³-hybridized carbons (Fsp3) is 0.0588. The third-order valence-electron chi connectivity index (χ3n) is 3.69. The van der Waals surface area contributed by atoms with E-state index in [4.69, 9.17) is 0 Å². The summed E-state index contributed by atoms with van der Waals surface area (Å²) in [6, 6.07) is 13.3. The topological polar surface area (TPSA) is 76.7 Å². The number of benzene rings is 2. The first-order valence-electron chi connectivity index (χ1n) is 7.45. The van der Waals surface area contributed by atoms with Gasteiger partial charge in [-0.25, -0.2) is 4.39 Å². The molecule has 4 rings (SSSR count). The van der Waals surface area contributed by atoms with Crippen LogP contribution in [0.1, 0.15) is 5.56 Å². The fourth-order valence-corrected chi connectivity index (χ4v) is 3.42. The summed E-state index contributed by atoms with van der Waals surface area (Å²) in [6.45, 7) is 0. The van der Waals surface area contributed by atoms with Crippen LogP contribution >= 0.6 is 11.8 Å². The van der Waals surface area contributed by atoms with Crippen molar-refractivity contribution in [2.24, 2.45) is 0 Å². The molecule has 0 spiro atoms. The van der Waals surface area contributed by atoms with Gasteiger partial charge in [0.05, 0.1) is 5.69 Å². The van der Waals surface area contributed by atoms with E-state index in [-0.39, 0.29) is 11.6 Å². The molecule has 25 heavy (non-hydrogen) atoms. The van der Waals surface area contributed by atoms with E-state index in [1.165, 1.54) is 28.6 Å². The molecule has 2 aromatic carbocycles. The van der Waals surface area contributed by atoms with Crippen molar-refractivity contribution in [3.8, 4) is 11.4 Å². The molecule has 0 unspecified atom stereocenters. The number of halogens is 1. The predicted molar refractivity (Wildman–Crippen MR) is 92.1 cm³/mol. The molecule has 4 aromatic rings. The van der Waals surface area contributed by atoms with Gasteiger partial charge in [0.25, 0.3) is 0 Å². The molecule has 0 aliphatic heterocycles. The van der Waals surface area contributed by atoms with Crippen LogP contribution in [0.25, 0.3) is 16.6 Å². The van der Waals surface area contributed by atoms with Gasteiger partial charge in [0, 0.05) is 17.3 Å². The van der Waals surface area contributed by atoms with Gasteiger partial charge in [-0.2, -0.15) is 4.68 Å². The lowest BCUT2D eigenvalue weighted by molar-refractivity contribution is 0.480. The molecule has 0 fully saturated rings. The molecular formula is C17H12FN5OS. The van der Waals surface area contributed by atoms with Crippen molar-refractivity contribution in [2.75, 3.05) is 0 Å². The first-order chi connectivity index (χ1) is 12.2. The van der Waals surface area contributed by atoms with Crippen molar-refractivity contribution in [2.45, 2.75) is 10.9 Å².